The van der Waals surface area contributed by atoms with Gasteiger partial charge in [0.05, 0.1) is 11.6 Å². The van der Waals surface area contributed by atoms with Crippen molar-refractivity contribution in [2.24, 2.45) is 0 Å². The summed E-state index contributed by atoms with van der Waals surface area (Å²) in [7, 11) is 0. The summed E-state index contributed by atoms with van der Waals surface area (Å²) in [5.41, 5.74) is 0.344. The standard InChI is InChI=1S/C11H6O4/c12-8-5-6-1-2-9-7(3-4-14-9)10(6)15-11(8)13/h1-5,12H. The molecule has 0 saturated heterocycles. The topological polar surface area (TPSA) is 63.6 Å². The van der Waals surface area contributed by atoms with Gasteiger partial charge >= 0.3 is 5.63 Å². The second-order valence-electron chi connectivity index (χ2n) is 3.24. The summed E-state index contributed by atoms with van der Waals surface area (Å²) in [6.45, 7) is 0. The summed E-state index contributed by atoms with van der Waals surface area (Å²) in [6, 6.07) is 6.59. The van der Waals surface area contributed by atoms with Gasteiger partial charge in [-0.15, -0.1) is 0 Å². The third-order valence-corrected chi connectivity index (χ3v) is 2.31. The number of fused-ring (bicyclic) bond motifs is 3. The van der Waals surface area contributed by atoms with Crippen LogP contribution in [0.4, 0.5) is 0 Å². The smallest absolute Gasteiger partial charge is 0.378 e. The number of hydrogen-bond donors (Lipinski definition) is 1. The normalized spacial score (nSPS) is 11.2. The van der Waals surface area contributed by atoms with Gasteiger partial charge in [0.2, 0.25) is 5.75 Å². The Morgan fingerprint density at radius 3 is 2.93 bits per heavy atom. The number of benzene rings is 1. The fraction of sp³-hybridized carbons (Fsp3) is 0. The van der Waals surface area contributed by atoms with Crippen molar-refractivity contribution >= 4 is 21.9 Å². The van der Waals surface area contributed by atoms with E-state index in [1.807, 2.05) is 0 Å². The van der Waals surface area contributed by atoms with E-state index < -0.39 is 5.63 Å². The van der Waals surface area contributed by atoms with Gasteiger partial charge in [-0.2, -0.15) is 0 Å². The zero-order chi connectivity index (χ0) is 10.4. The van der Waals surface area contributed by atoms with Crippen LogP contribution in [-0.4, -0.2) is 5.11 Å². The van der Waals surface area contributed by atoms with Crippen LogP contribution in [0.2, 0.25) is 0 Å². The Kier molecular flexibility index (Phi) is 1.42. The molecule has 3 aromatic rings. The van der Waals surface area contributed by atoms with Crippen molar-refractivity contribution in [1.82, 2.24) is 0 Å². The van der Waals surface area contributed by atoms with Crippen molar-refractivity contribution in [3.05, 3.63) is 40.9 Å². The van der Waals surface area contributed by atoms with Crippen LogP contribution in [-0.2, 0) is 0 Å². The van der Waals surface area contributed by atoms with Crippen LogP contribution in [0.5, 0.6) is 5.75 Å². The van der Waals surface area contributed by atoms with E-state index in [0.717, 1.165) is 5.39 Å². The van der Waals surface area contributed by atoms with E-state index in [1.54, 1.807) is 18.2 Å². The molecule has 0 bridgehead atoms. The van der Waals surface area contributed by atoms with E-state index in [9.17, 15) is 9.90 Å². The van der Waals surface area contributed by atoms with E-state index in [2.05, 4.69) is 0 Å². The summed E-state index contributed by atoms with van der Waals surface area (Å²) in [5, 5.41) is 10.6. The van der Waals surface area contributed by atoms with Crippen LogP contribution in [0.3, 0.4) is 0 Å². The van der Waals surface area contributed by atoms with Gasteiger partial charge in [0.15, 0.2) is 0 Å². The Balaban J connectivity index is 2.62. The molecule has 2 aromatic heterocycles. The van der Waals surface area contributed by atoms with Crippen molar-refractivity contribution in [2.45, 2.75) is 0 Å². The summed E-state index contributed by atoms with van der Waals surface area (Å²) in [5.74, 6) is -0.384. The fourth-order valence-electron chi connectivity index (χ4n) is 1.61. The van der Waals surface area contributed by atoms with Crippen molar-refractivity contribution < 1.29 is 13.9 Å². The molecule has 0 atom stereocenters. The average molecular weight is 202 g/mol. The minimum atomic E-state index is -0.740. The van der Waals surface area contributed by atoms with Gasteiger partial charge in [-0.1, -0.05) is 0 Å². The maximum absolute atomic E-state index is 11.2. The van der Waals surface area contributed by atoms with E-state index in [1.165, 1.54) is 12.3 Å². The first kappa shape index (κ1) is 8.11. The van der Waals surface area contributed by atoms with Crippen LogP contribution >= 0.6 is 0 Å². The number of rotatable bonds is 0. The highest BCUT2D eigenvalue weighted by Gasteiger charge is 2.08. The van der Waals surface area contributed by atoms with Crippen LogP contribution in [0.25, 0.3) is 21.9 Å². The largest absolute Gasteiger partial charge is 0.502 e. The molecule has 0 saturated carbocycles. The molecule has 1 N–H and O–H groups in total. The zero-order valence-electron chi connectivity index (χ0n) is 7.56. The summed E-state index contributed by atoms with van der Waals surface area (Å²) >= 11 is 0. The lowest BCUT2D eigenvalue weighted by Crippen LogP contribution is -1.96. The van der Waals surface area contributed by atoms with Crippen LogP contribution in [0.1, 0.15) is 0 Å². The molecule has 0 unspecified atom stereocenters. The van der Waals surface area contributed by atoms with Crippen molar-refractivity contribution in [2.75, 3.05) is 0 Å². The van der Waals surface area contributed by atoms with Crippen molar-refractivity contribution in [1.29, 1.82) is 0 Å². The van der Waals surface area contributed by atoms with Gasteiger partial charge in [-0.05, 0) is 24.3 Å². The van der Waals surface area contributed by atoms with Crippen molar-refractivity contribution in [3.8, 4) is 5.75 Å². The zero-order valence-corrected chi connectivity index (χ0v) is 7.56. The molecule has 3 rings (SSSR count). The summed E-state index contributed by atoms with van der Waals surface area (Å²) in [4.78, 5) is 11.2. The molecule has 2 heterocycles. The summed E-state index contributed by atoms with van der Waals surface area (Å²) < 4.78 is 10.2. The average Bonchev–Trinajstić information content (AvgIpc) is 2.68. The highest BCUT2D eigenvalue weighted by atomic mass is 16.4. The first-order chi connectivity index (χ1) is 7.25. The fourth-order valence-corrected chi connectivity index (χ4v) is 1.61. The number of hydrogen-bond acceptors (Lipinski definition) is 4. The molecular weight excluding hydrogens is 196 g/mol. The van der Waals surface area contributed by atoms with Gasteiger partial charge in [-0.3, -0.25) is 0 Å². The third-order valence-electron chi connectivity index (χ3n) is 2.31. The summed E-state index contributed by atoms with van der Waals surface area (Å²) in [6.07, 6.45) is 1.52. The number of aromatic hydroxyl groups is 1. The third kappa shape index (κ3) is 1.05. The molecule has 4 nitrogen and oxygen atoms in total. The Labute approximate surface area is 83.3 Å². The Morgan fingerprint density at radius 1 is 1.20 bits per heavy atom. The predicted octanol–water partition coefficient (Wildman–Crippen LogP) is 2.24. The van der Waals surface area contributed by atoms with E-state index in [0.29, 0.717) is 16.6 Å². The molecule has 0 aliphatic carbocycles. The minimum absolute atomic E-state index is 0.384. The first-order valence-corrected chi connectivity index (χ1v) is 4.39. The van der Waals surface area contributed by atoms with E-state index >= 15 is 0 Å². The molecule has 0 aliphatic rings. The Morgan fingerprint density at radius 2 is 2.07 bits per heavy atom. The second kappa shape index (κ2) is 2.63. The van der Waals surface area contributed by atoms with Gasteiger partial charge in [0.1, 0.15) is 11.2 Å². The van der Waals surface area contributed by atoms with Crippen molar-refractivity contribution in [3.63, 3.8) is 0 Å². The molecule has 0 amide bonds. The molecule has 0 radical (unpaired) electrons. The highest BCUT2D eigenvalue weighted by Crippen LogP contribution is 2.26. The Hall–Kier alpha value is -2.23. The highest BCUT2D eigenvalue weighted by molar-refractivity contribution is 6.01. The van der Waals surface area contributed by atoms with E-state index in [-0.39, 0.29) is 5.75 Å². The van der Waals surface area contributed by atoms with Crippen LogP contribution < -0.4 is 5.63 Å². The molecule has 4 heteroatoms. The monoisotopic (exact) mass is 202 g/mol. The lowest BCUT2D eigenvalue weighted by Gasteiger charge is -1.97. The molecular formula is C11H6O4. The molecule has 74 valence electrons. The minimum Gasteiger partial charge on any atom is -0.502 e. The molecule has 0 fully saturated rings. The van der Waals surface area contributed by atoms with Crippen LogP contribution in [0, 0.1) is 0 Å². The van der Waals surface area contributed by atoms with Crippen LogP contribution in [0.15, 0.2) is 44.2 Å². The van der Waals surface area contributed by atoms with Gasteiger partial charge in [0.25, 0.3) is 0 Å². The SMILES string of the molecule is O=c1oc2c(ccc3occc32)cc1O. The molecule has 15 heavy (non-hydrogen) atoms. The quantitative estimate of drug-likeness (QED) is 0.568. The maximum Gasteiger partial charge on any atom is 0.378 e. The molecule has 0 spiro atoms. The Bertz CT molecular complexity index is 705. The number of furan rings is 1. The second-order valence-corrected chi connectivity index (χ2v) is 3.24. The molecule has 0 aliphatic heterocycles. The van der Waals surface area contributed by atoms with Gasteiger partial charge in [-0.25, -0.2) is 4.79 Å². The lowest BCUT2D eigenvalue weighted by molar-refractivity contribution is 0.429. The maximum atomic E-state index is 11.2. The predicted molar refractivity (Wildman–Crippen MR) is 53.9 cm³/mol. The van der Waals surface area contributed by atoms with Gasteiger partial charge < -0.3 is 13.9 Å². The lowest BCUT2D eigenvalue weighted by atomic mass is 10.2. The van der Waals surface area contributed by atoms with Gasteiger partial charge in [0, 0.05) is 5.39 Å². The van der Waals surface area contributed by atoms with E-state index in [4.69, 9.17) is 8.83 Å². The molecule has 1 aromatic carbocycles. The first-order valence-electron chi connectivity index (χ1n) is 4.39.